The SMILES string of the molecule is CC.C[C@@H]1Cc2c(F)cc(F)cc2C1CCc1cc(C(=O)N(C)C)cc2c(=O)cc(N3CCOCC3)oc12. The molecule has 2 aliphatic rings. The number of amides is 1. The number of hydrogen-bond acceptors (Lipinski definition) is 5. The van der Waals surface area contributed by atoms with Gasteiger partial charge in [0, 0.05) is 44.9 Å². The first-order chi connectivity index (χ1) is 18.2. The highest BCUT2D eigenvalue weighted by Crippen LogP contribution is 2.42. The van der Waals surface area contributed by atoms with E-state index in [1.165, 1.54) is 17.0 Å². The van der Waals surface area contributed by atoms with Gasteiger partial charge in [0.25, 0.3) is 5.91 Å². The van der Waals surface area contributed by atoms with E-state index in [0.29, 0.717) is 79.1 Å². The number of hydrogen-bond donors (Lipinski definition) is 0. The van der Waals surface area contributed by atoms with E-state index >= 15 is 0 Å². The minimum absolute atomic E-state index is 0.0393. The summed E-state index contributed by atoms with van der Waals surface area (Å²) in [6.45, 7) is 8.39. The molecule has 1 fully saturated rings. The Morgan fingerprint density at radius 2 is 1.79 bits per heavy atom. The number of benzene rings is 2. The van der Waals surface area contributed by atoms with Gasteiger partial charge >= 0.3 is 0 Å². The van der Waals surface area contributed by atoms with Gasteiger partial charge in [-0.1, -0.05) is 20.8 Å². The van der Waals surface area contributed by atoms with Gasteiger partial charge in [0.1, 0.15) is 17.2 Å². The predicted octanol–water partition coefficient (Wildman–Crippen LogP) is 5.54. The number of aryl methyl sites for hydroxylation is 1. The Hall–Kier alpha value is -3.26. The van der Waals surface area contributed by atoms with Gasteiger partial charge in [0.2, 0.25) is 0 Å². The van der Waals surface area contributed by atoms with Crippen LogP contribution in [-0.2, 0) is 17.6 Å². The molecule has 1 saturated heterocycles. The number of ether oxygens (including phenoxy) is 1. The molecular formula is C30H36F2N2O4. The molecule has 0 N–H and O–H groups in total. The lowest BCUT2D eigenvalue weighted by Crippen LogP contribution is -2.36. The molecule has 1 aliphatic heterocycles. The molecule has 1 unspecified atom stereocenters. The second-order valence-corrected chi connectivity index (χ2v) is 10.0. The van der Waals surface area contributed by atoms with E-state index in [-0.39, 0.29) is 23.2 Å². The van der Waals surface area contributed by atoms with Gasteiger partial charge in [-0.25, -0.2) is 8.78 Å². The lowest BCUT2D eigenvalue weighted by molar-refractivity contribution is 0.0827. The summed E-state index contributed by atoms with van der Waals surface area (Å²) in [5.41, 5.74) is 2.68. The molecule has 6 nitrogen and oxygen atoms in total. The molecule has 38 heavy (non-hydrogen) atoms. The van der Waals surface area contributed by atoms with Crippen molar-refractivity contribution in [3.05, 3.63) is 74.4 Å². The average Bonchev–Trinajstić information content (AvgIpc) is 3.23. The zero-order valence-electron chi connectivity index (χ0n) is 22.8. The summed E-state index contributed by atoms with van der Waals surface area (Å²) in [5, 5.41) is 0.353. The molecule has 1 aromatic heterocycles. The van der Waals surface area contributed by atoms with Crippen molar-refractivity contribution in [2.45, 2.75) is 46.0 Å². The number of fused-ring (bicyclic) bond motifs is 2. The molecule has 2 atom stereocenters. The summed E-state index contributed by atoms with van der Waals surface area (Å²) in [7, 11) is 3.33. The van der Waals surface area contributed by atoms with E-state index < -0.39 is 11.6 Å². The van der Waals surface area contributed by atoms with Crippen LogP contribution in [0.5, 0.6) is 0 Å². The van der Waals surface area contributed by atoms with Crippen molar-refractivity contribution >= 4 is 22.8 Å². The van der Waals surface area contributed by atoms with Gasteiger partial charge in [0.05, 0.1) is 18.6 Å². The summed E-state index contributed by atoms with van der Waals surface area (Å²) in [4.78, 5) is 29.4. The molecule has 2 aromatic carbocycles. The smallest absolute Gasteiger partial charge is 0.253 e. The maximum Gasteiger partial charge on any atom is 0.253 e. The van der Waals surface area contributed by atoms with Crippen molar-refractivity contribution in [3.8, 4) is 0 Å². The van der Waals surface area contributed by atoms with Gasteiger partial charge in [-0.3, -0.25) is 9.59 Å². The lowest BCUT2D eigenvalue weighted by atomic mass is 9.87. The van der Waals surface area contributed by atoms with Crippen molar-refractivity contribution in [1.82, 2.24) is 4.90 Å². The standard InChI is InChI=1S/C28H30F2N2O4.C2H6/c1-16-10-22-21(13-19(29)14-24(22)30)20(16)5-4-17-11-18(28(34)31(2)3)12-23-25(33)15-26(36-27(17)23)32-6-8-35-9-7-32;1-2/h11-16,20H,4-10H2,1-3H3;1-2H3/t16-,20?;/m1./s1. The largest absolute Gasteiger partial charge is 0.440 e. The van der Waals surface area contributed by atoms with Gasteiger partial charge < -0.3 is 19.0 Å². The van der Waals surface area contributed by atoms with Crippen molar-refractivity contribution in [2.75, 3.05) is 45.3 Å². The van der Waals surface area contributed by atoms with E-state index in [0.717, 1.165) is 11.6 Å². The Morgan fingerprint density at radius 3 is 2.47 bits per heavy atom. The third kappa shape index (κ3) is 5.46. The second kappa shape index (κ2) is 11.6. The number of halogens is 2. The van der Waals surface area contributed by atoms with Crippen LogP contribution in [0.2, 0.25) is 0 Å². The molecule has 0 spiro atoms. The van der Waals surface area contributed by atoms with Crippen LogP contribution in [0.15, 0.2) is 39.5 Å². The Balaban J connectivity index is 0.00000164. The number of rotatable bonds is 5. The molecule has 2 heterocycles. The monoisotopic (exact) mass is 526 g/mol. The first-order valence-electron chi connectivity index (χ1n) is 13.4. The van der Waals surface area contributed by atoms with E-state index in [9.17, 15) is 18.4 Å². The van der Waals surface area contributed by atoms with Crippen molar-refractivity contribution < 1.29 is 22.7 Å². The van der Waals surface area contributed by atoms with Crippen LogP contribution in [0, 0.1) is 17.6 Å². The van der Waals surface area contributed by atoms with Crippen molar-refractivity contribution in [2.24, 2.45) is 5.92 Å². The summed E-state index contributed by atoms with van der Waals surface area (Å²) in [6, 6.07) is 7.23. The van der Waals surface area contributed by atoms with Gasteiger partial charge in [-0.2, -0.15) is 0 Å². The van der Waals surface area contributed by atoms with Crippen LogP contribution in [0.1, 0.15) is 60.2 Å². The van der Waals surface area contributed by atoms with E-state index in [2.05, 4.69) is 0 Å². The summed E-state index contributed by atoms with van der Waals surface area (Å²) >= 11 is 0. The van der Waals surface area contributed by atoms with Crippen LogP contribution >= 0.6 is 0 Å². The fourth-order valence-corrected chi connectivity index (χ4v) is 5.51. The van der Waals surface area contributed by atoms with Crippen molar-refractivity contribution in [1.29, 1.82) is 0 Å². The zero-order valence-corrected chi connectivity index (χ0v) is 22.8. The average molecular weight is 527 g/mol. The molecule has 5 rings (SSSR count). The molecule has 8 heteroatoms. The Kier molecular flexibility index (Phi) is 8.51. The highest BCUT2D eigenvalue weighted by molar-refractivity contribution is 5.98. The van der Waals surface area contributed by atoms with Crippen molar-refractivity contribution in [3.63, 3.8) is 0 Å². The van der Waals surface area contributed by atoms with Crippen LogP contribution in [0.4, 0.5) is 14.7 Å². The fraction of sp³-hybridized carbons (Fsp3) is 0.467. The first kappa shape index (κ1) is 27.8. The molecular weight excluding hydrogens is 490 g/mol. The second-order valence-electron chi connectivity index (χ2n) is 10.0. The first-order valence-corrected chi connectivity index (χ1v) is 13.4. The number of morpholine rings is 1. The molecule has 204 valence electrons. The van der Waals surface area contributed by atoms with Crippen LogP contribution in [-0.4, -0.2) is 51.2 Å². The summed E-state index contributed by atoms with van der Waals surface area (Å²) in [5.74, 6) is -0.696. The zero-order chi connectivity index (χ0) is 27.6. The minimum Gasteiger partial charge on any atom is -0.440 e. The highest BCUT2D eigenvalue weighted by atomic mass is 19.1. The number of anilines is 1. The fourth-order valence-electron chi connectivity index (χ4n) is 5.51. The third-order valence-electron chi connectivity index (χ3n) is 7.40. The summed E-state index contributed by atoms with van der Waals surface area (Å²) in [6.07, 6.45) is 1.66. The Labute approximate surface area is 222 Å². The van der Waals surface area contributed by atoms with Gasteiger partial charge in [0.15, 0.2) is 11.3 Å². The minimum atomic E-state index is -0.574. The quantitative estimate of drug-likeness (QED) is 0.437. The van der Waals surface area contributed by atoms with E-state index in [4.69, 9.17) is 9.15 Å². The molecule has 0 saturated carbocycles. The maximum atomic E-state index is 14.4. The van der Waals surface area contributed by atoms with Crippen LogP contribution in [0.25, 0.3) is 11.0 Å². The Bertz CT molecular complexity index is 1380. The lowest BCUT2D eigenvalue weighted by Gasteiger charge is -2.27. The van der Waals surface area contributed by atoms with Gasteiger partial charge in [-0.05, 0) is 66.0 Å². The van der Waals surface area contributed by atoms with Crippen LogP contribution in [0.3, 0.4) is 0 Å². The number of carbonyl (C=O) groups is 1. The van der Waals surface area contributed by atoms with E-state index in [1.807, 2.05) is 25.7 Å². The molecule has 1 amide bonds. The number of nitrogens with zero attached hydrogens (tertiary/aromatic N) is 2. The topological polar surface area (TPSA) is 63.0 Å². The summed E-state index contributed by atoms with van der Waals surface area (Å²) < 4.78 is 40.1. The molecule has 0 bridgehead atoms. The van der Waals surface area contributed by atoms with Crippen LogP contribution < -0.4 is 10.3 Å². The Morgan fingerprint density at radius 1 is 1.08 bits per heavy atom. The maximum absolute atomic E-state index is 14.4. The third-order valence-corrected chi connectivity index (χ3v) is 7.40. The predicted molar refractivity (Wildman–Crippen MR) is 145 cm³/mol. The van der Waals surface area contributed by atoms with Gasteiger partial charge in [-0.15, -0.1) is 0 Å². The van der Waals surface area contributed by atoms with E-state index in [1.54, 1.807) is 26.2 Å². The molecule has 0 radical (unpaired) electrons. The highest BCUT2D eigenvalue weighted by Gasteiger charge is 2.32. The number of carbonyl (C=O) groups excluding carboxylic acids is 1. The molecule has 3 aromatic rings. The normalized spacial score (nSPS) is 18.7. The molecule has 1 aliphatic carbocycles.